The number of hydrogen-bond donors (Lipinski definition) is 1. The van der Waals surface area contributed by atoms with Crippen LogP contribution < -0.4 is 0 Å². The predicted octanol–water partition coefficient (Wildman–Crippen LogP) is 4.22. The van der Waals surface area contributed by atoms with E-state index in [9.17, 15) is 9.59 Å². The van der Waals surface area contributed by atoms with E-state index in [1.807, 2.05) is 14.0 Å². The van der Waals surface area contributed by atoms with Crippen molar-refractivity contribution in [1.29, 1.82) is 0 Å². The van der Waals surface area contributed by atoms with Crippen molar-refractivity contribution < 1.29 is 19.3 Å². The lowest BCUT2D eigenvalue weighted by Crippen LogP contribution is -2.61. The van der Waals surface area contributed by atoms with Crippen molar-refractivity contribution >= 4 is 11.9 Å². The van der Waals surface area contributed by atoms with E-state index in [2.05, 4.69) is 6.92 Å². The highest BCUT2D eigenvalue weighted by Crippen LogP contribution is 2.16. The van der Waals surface area contributed by atoms with Crippen LogP contribution in [0.2, 0.25) is 0 Å². The van der Waals surface area contributed by atoms with E-state index in [-0.39, 0.29) is 17.0 Å². The Balaban J connectivity index is 4.09. The second-order valence-electron chi connectivity index (χ2n) is 7.04. The number of carboxylic acids is 1. The molecule has 142 valence electrons. The molecule has 0 aromatic heterocycles. The molecule has 0 aliphatic heterocycles. The molecule has 0 spiro atoms. The molecular weight excluding hydrogens is 304 g/mol. The molecule has 0 aromatic rings. The number of carboxylic acid groups (broad SMARTS) is 1. The third-order valence-electron chi connectivity index (χ3n) is 4.81. The van der Waals surface area contributed by atoms with Gasteiger partial charge in [-0.15, -0.1) is 5.01 Å². The molecule has 0 aromatic carbocycles. The van der Waals surface area contributed by atoms with Gasteiger partial charge in [-0.2, -0.15) is 4.59 Å². The van der Waals surface area contributed by atoms with Crippen molar-refractivity contribution in [2.24, 2.45) is 0 Å². The van der Waals surface area contributed by atoms with Crippen molar-refractivity contribution in [1.82, 2.24) is 5.01 Å². The first-order valence-corrected chi connectivity index (χ1v) is 9.70. The molecular formula is C19H39N2O3+. The van der Waals surface area contributed by atoms with Crippen LogP contribution in [-0.2, 0) is 9.59 Å². The van der Waals surface area contributed by atoms with Crippen LogP contribution in [0.25, 0.3) is 0 Å². The van der Waals surface area contributed by atoms with Gasteiger partial charge in [0.05, 0.1) is 13.5 Å². The Bertz CT molecular complexity index is 361. The molecule has 5 nitrogen and oxygen atoms in total. The van der Waals surface area contributed by atoms with Crippen LogP contribution in [-0.4, -0.2) is 53.8 Å². The smallest absolute Gasteiger partial charge is 0.332 e. The second-order valence-corrected chi connectivity index (χ2v) is 7.04. The Morgan fingerprint density at radius 3 is 1.83 bits per heavy atom. The lowest BCUT2D eigenvalue weighted by molar-refractivity contribution is -0.948. The SMILES string of the molecule is CCCCCCCCCCCC(=O)[N+](C)(CCC)N(C)CC(=O)O. The number of hydrogen-bond acceptors (Lipinski definition) is 3. The van der Waals surface area contributed by atoms with E-state index in [1.54, 1.807) is 12.1 Å². The molecule has 1 atom stereocenters. The molecule has 0 heterocycles. The van der Waals surface area contributed by atoms with E-state index >= 15 is 0 Å². The molecule has 1 amide bonds. The minimum atomic E-state index is -0.895. The molecule has 0 rings (SSSR count). The number of rotatable bonds is 15. The fourth-order valence-corrected chi connectivity index (χ4v) is 3.10. The van der Waals surface area contributed by atoms with Crippen LogP contribution in [0.1, 0.15) is 84.5 Å². The maximum absolute atomic E-state index is 12.6. The Kier molecular flexibility index (Phi) is 12.8. The van der Waals surface area contributed by atoms with Gasteiger partial charge in [0, 0.05) is 7.05 Å². The molecule has 0 bridgehead atoms. The van der Waals surface area contributed by atoms with Crippen LogP contribution >= 0.6 is 0 Å². The number of unbranched alkanes of at least 4 members (excludes halogenated alkanes) is 8. The van der Waals surface area contributed by atoms with Gasteiger partial charge in [0.2, 0.25) is 0 Å². The lowest BCUT2D eigenvalue weighted by atomic mass is 10.1. The van der Waals surface area contributed by atoms with Gasteiger partial charge in [-0.3, -0.25) is 4.79 Å². The van der Waals surface area contributed by atoms with Gasteiger partial charge in [0.15, 0.2) is 0 Å². The largest absolute Gasteiger partial charge is 0.480 e. The molecule has 5 heteroatoms. The second kappa shape index (κ2) is 13.4. The highest BCUT2D eigenvalue weighted by atomic mass is 16.4. The molecule has 0 saturated carbocycles. The zero-order chi connectivity index (χ0) is 18.4. The maximum Gasteiger partial charge on any atom is 0.332 e. The fraction of sp³-hybridized carbons (Fsp3) is 0.895. The zero-order valence-corrected chi connectivity index (χ0v) is 16.4. The normalized spacial score (nSPS) is 13.9. The van der Waals surface area contributed by atoms with Crippen LogP contribution in [0.5, 0.6) is 0 Å². The van der Waals surface area contributed by atoms with Crippen molar-refractivity contribution in [3.63, 3.8) is 0 Å². The van der Waals surface area contributed by atoms with Gasteiger partial charge >= 0.3 is 11.9 Å². The van der Waals surface area contributed by atoms with Gasteiger partial charge in [0.1, 0.15) is 13.1 Å². The van der Waals surface area contributed by atoms with Crippen LogP contribution in [0.15, 0.2) is 0 Å². The van der Waals surface area contributed by atoms with Crippen LogP contribution in [0, 0.1) is 0 Å². The number of aliphatic carboxylic acids is 1. The van der Waals surface area contributed by atoms with Crippen molar-refractivity contribution in [2.45, 2.75) is 84.5 Å². The maximum atomic E-state index is 12.6. The fourth-order valence-electron chi connectivity index (χ4n) is 3.10. The number of amides is 1. The van der Waals surface area contributed by atoms with Crippen molar-refractivity contribution in [3.05, 3.63) is 0 Å². The first-order chi connectivity index (χ1) is 11.4. The van der Waals surface area contributed by atoms with Crippen molar-refractivity contribution in [2.75, 3.05) is 27.2 Å². The van der Waals surface area contributed by atoms with Gasteiger partial charge in [-0.1, -0.05) is 65.2 Å². The Morgan fingerprint density at radius 1 is 0.875 bits per heavy atom. The van der Waals surface area contributed by atoms with Gasteiger partial charge in [-0.25, -0.2) is 4.79 Å². The number of likely N-dealkylation sites (N-methyl/N-ethyl adjacent to an activating group) is 1. The van der Waals surface area contributed by atoms with Crippen LogP contribution in [0.3, 0.4) is 0 Å². The standard InChI is InChI=1S/C19H38N2O3/c1-5-7-8-9-10-11-12-13-14-15-18(22)21(4,16-6-2)20(3)17-19(23)24/h5-17H2,1-4H3/p+1. The lowest BCUT2D eigenvalue weighted by Gasteiger charge is -2.37. The zero-order valence-electron chi connectivity index (χ0n) is 16.4. The summed E-state index contributed by atoms with van der Waals surface area (Å²) in [5.41, 5.74) is 0. The average molecular weight is 344 g/mol. The van der Waals surface area contributed by atoms with Crippen molar-refractivity contribution in [3.8, 4) is 0 Å². The first kappa shape index (κ1) is 23.1. The third kappa shape index (κ3) is 9.38. The summed E-state index contributed by atoms with van der Waals surface area (Å²) in [6.45, 7) is 4.80. The van der Waals surface area contributed by atoms with Crippen LogP contribution in [0.4, 0.5) is 0 Å². The van der Waals surface area contributed by atoms with E-state index < -0.39 is 5.97 Å². The number of carbonyl (C=O) groups is 2. The molecule has 24 heavy (non-hydrogen) atoms. The summed E-state index contributed by atoms with van der Waals surface area (Å²) in [6, 6.07) is 0. The molecule has 0 aliphatic carbocycles. The summed E-state index contributed by atoms with van der Waals surface area (Å²) in [7, 11) is 3.56. The summed E-state index contributed by atoms with van der Waals surface area (Å²) >= 11 is 0. The summed E-state index contributed by atoms with van der Waals surface area (Å²) in [5.74, 6) is -0.766. The number of carbonyl (C=O) groups excluding carboxylic acids is 1. The summed E-state index contributed by atoms with van der Waals surface area (Å²) in [6.07, 6.45) is 12.5. The Labute approximate surface area is 148 Å². The topological polar surface area (TPSA) is 57.6 Å². The summed E-state index contributed by atoms with van der Waals surface area (Å²) in [4.78, 5) is 23.6. The molecule has 0 saturated heterocycles. The van der Waals surface area contributed by atoms with E-state index in [4.69, 9.17) is 5.11 Å². The molecule has 1 N–H and O–H groups in total. The molecule has 1 unspecified atom stereocenters. The highest BCUT2D eigenvalue weighted by molar-refractivity contribution is 5.70. The van der Waals surface area contributed by atoms with E-state index in [0.29, 0.717) is 13.0 Å². The van der Waals surface area contributed by atoms with Gasteiger partial charge < -0.3 is 5.11 Å². The number of quaternary nitrogens is 1. The minimum absolute atomic E-state index is 0.0970. The Morgan fingerprint density at radius 2 is 1.38 bits per heavy atom. The summed E-state index contributed by atoms with van der Waals surface area (Å²) < 4.78 is 0.0970. The molecule has 0 aliphatic rings. The van der Waals surface area contributed by atoms with Gasteiger partial charge in [0.25, 0.3) is 0 Å². The third-order valence-corrected chi connectivity index (χ3v) is 4.81. The first-order valence-electron chi connectivity index (χ1n) is 9.70. The summed E-state index contributed by atoms with van der Waals surface area (Å²) in [5, 5.41) is 10.6. The van der Waals surface area contributed by atoms with E-state index in [1.165, 1.54) is 44.9 Å². The Hall–Kier alpha value is -0.940. The minimum Gasteiger partial charge on any atom is -0.480 e. The molecule has 0 fully saturated rings. The highest BCUT2D eigenvalue weighted by Gasteiger charge is 2.36. The average Bonchev–Trinajstić information content (AvgIpc) is 2.52. The van der Waals surface area contributed by atoms with E-state index in [0.717, 1.165) is 19.3 Å². The van der Waals surface area contributed by atoms with Gasteiger partial charge in [-0.05, 0) is 12.8 Å². The predicted molar refractivity (Wildman–Crippen MR) is 98.5 cm³/mol. The number of nitrogens with zero attached hydrogens (tertiary/aromatic N) is 2. The quantitative estimate of drug-likeness (QED) is 0.275. The monoisotopic (exact) mass is 343 g/mol. The molecule has 0 radical (unpaired) electrons.